The van der Waals surface area contributed by atoms with E-state index in [-0.39, 0.29) is 30.0 Å². The number of nitrogens with zero attached hydrogens (tertiary/aromatic N) is 2. The zero-order chi connectivity index (χ0) is 30.3. The molecule has 9 nitrogen and oxygen atoms in total. The van der Waals surface area contributed by atoms with Crippen molar-refractivity contribution in [3.8, 4) is 11.4 Å². The van der Waals surface area contributed by atoms with Crippen LogP contribution in [-0.4, -0.2) is 39.1 Å². The topological polar surface area (TPSA) is 136 Å². The molecule has 0 aliphatic carbocycles. The molecule has 4 N–H and O–H groups in total. The van der Waals surface area contributed by atoms with Gasteiger partial charge in [-0.15, -0.1) is 0 Å². The zero-order valence-electron chi connectivity index (χ0n) is 22.1. The predicted octanol–water partition coefficient (Wildman–Crippen LogP) is 2.88. The van der Waals surface area contributed by atoms with Crippen LogP contribution in [0.15, 0.2) is 95.9 Å². The summed E-state index contributed by atoms with van der Waals surface area (Å²) in [6.07, 6.45) is 0.682. The third-order valence-corrected chi connectivity index (χ3v) is 6.28. The van der Waals surface area contributed by atoms with Gasteiger partial charge >= 0.3 is 5.92 Å². The number of hydrogen-bond donors (Lipinski definition) is 3. The molecule has 0 spiro atoms. The lowest BCUT2D eigenvalue weighted by atomic mass is 9.98. The highest BCUT2D eigenvalue weighted by Crippen LogP contribution is 2.21. The van der Waals surface area contributed by atoms with E-state index < -0.39 is 47.5 Å². The second-order valence-corrected chi connectivity index (χ2v) is 9.36. The second-order valence-electron chi connectivity index (χ2n) is 9.36. The van der Waals surface area contributed by atoms with Gasteiger partial charge in [-0.2, -0.15) is 8.78 Å². The third kappa shape index (κ3) is 7.08. The summed E-state index contributed by atoms with van der Waals surface area (Å²) >= 11 is 0. The number of aromatic nitrogens is 2. The van der Waals surface area contributed by atoms with E-state index in [4.69, 9.17) is 5.73 Å². The van der Waals surface area contributed by atoms with Crippen LogP contribution in [0.1, 0.15) is 11.1 Å². The molecule has 2 amide bonds. The van der Waals surface area contributed by atoms with E-state index in [0.29, 0.717) is 11.1 Å². The van der Waals surface area contributed by atoms with Gasteiger partial charge in [0.15, 0.2) is 0 Å². The van der Waals surface area contributed by atoms with Crippen LogP contribution >= 0.6 is 0 Å². The maximum Gasteiger partial charge on any atom is 0.383 e. The lowest BCUT2D eigenvalue weighted by molar-refractivity contribution is -0.160. The molecule has 1 aromatic heterocycles. The summed E-state index contributed by atoms with van der Waals surface area (Å²) in [5, 5.41) is 4.29. The molecule has 0 radical (unpaired) electrons. The van der Waals surface area contributed by atoms with Gasteiger partial charge < -0.3 is 16.4 Å². The number of alkyl halides is 2. The fourth-order valence-corrected chi connectivity index (χ4v) is 4.17. The summed E-state index contributed by atoms with van der Waals surface area (Å²) < 4.78 is 45.0. The Bertz CT molecular complexity index is 1650. The van der Waals surface area contributed by atoms with Crippen molar-refractivity contribution in [2.24, 2.45) is 0 Å². The highest BCUT2D eigenvalue weighted by Gasteiger charge is 2.50. The van der Waals surface area contributed by atoms with Gasteiger partial charge in [0.1, 0.15) is 23.9 Å². The molecule has 42 heavy (non-hydrogen) atoms. The lowest BCUT2D eigenvalue weighted by Gasteiger charge is -2.23. The first kappa shape index (κ1) is 29.7. The van der Waals surface area contributed by atoms with E-state index >= 15 is 8.78 Å². The summed E-state index contributed by atoms with van der Waals surface area (Å²) in [5.41, 5.74) is 5.65. The average molecular weight is 578 g/mol. The van der Waals surface area contributed by atoms with Crippen molar-refractivity contribution in [3.05, 3.63) is 118 Å². The minimum atomic E-state index is -4.50. The van der Waals surface area contributed by atoms with Crippen molar-refractivity contribution in [2.45, 2.75) is 31.5 Å². The largest absolute Gasteiger partial charge is 0.393 e. The van der Waals surface area contributed by atoms with E-state index in [1.165, 1.54) is 18.2 Å². The third-order valence-electron chi connectivity index (χ3n) is 6.28. The van der Waals surface area contributed by atoms with Crippen molar-refractivity contribution in [1.29, 1.82) is 0 Å². The normalized spacial score (nSPS) is 11.9. The van der Waals surface area contributed by atoms with Crippen LogP contribution in [0.4, 0.5) is 18.9 Å². The van der Waals surface area contributed by atoms with Crippen molar-refractivity contribution < 1.29 is 27.6 Å². The van der Waals surface area contributed by atoms with Crippen LogP contribution in [0.3, 0.4) is 0 Å². The first-order chi connectivity index (χ1) is 20.1. The molecule has 3 aromatic carbocycles. The van der Waals surface area contributed by atoms with Crippen molar-refractivity contribution in [1.82, 2.24) is 20.2 Å². The number of nitrogens with two attached hydrogens (primary N) is 1. The zero-order valence-corrected chi connectivity index (χ0v) is 22.1. The number of ketones is 1. The van der Waals surface area contributed by atoms with Crippen LogP contribution in [0.25, 0.3) is 11.4 Å². The molecule has 4 aromatic rings. The monoisotopic (exact) mass is 577 g/mol. The van der Waals surface area contributed by atoms with Crippen LogP contribution in [-0.2, 0) is 33.9 Å². The van der Waals surface area contributed by atoms with Gasteiger partial charge in [0, 0.05) is 18.5 Å². The molecular weight excluding hydrogens is 551 g/mol. The second kappa shape index (κ2) is 12.9. The maximum atomic E-state index is 15.2. The molecular formula is C30H26F3N5O4. The minimum absolute atomic E-state index is 0.111. The van der Waals surface area contributed by atoms with Gasteiger partial charge in [-0.3, -0.25) is 23.7 Å². The first-order valence-corrected chi connectivity index (χ1v) is 12.7. The predicted molar refractivity (Wildman–Crippen MR) is 149 cm³/mol. The Morgan fingerprint density at radius 3 is 2.21 bits per heavy atom. The van der Waals surface area contributed by atoms with Gasteiger partial charge in [-0.05, 0) is 23.3 Å². The summed E-state index contributed by atoms with van der Waals surface area (Å²) in [6.45, 7) is -1.03. The Hall–Kier alpha value is -5.26. The van der Waals surface area contributed by atoms with Crippen LogP contribution < -0.4 is 21.9 Å². The summed E-state index contributed by atoms with van der Waals surface area (Å²) in [4.78, 5) is 55.5. The van der Waals surface area contributed by atoms with Gasteiger partial charge in [0.2, 0.25) is 11.7 Å². The molecule has 1 heterocycles. The van der Waals surface area contributed by atoms with Crippen molar-refractivity contribution >= 4 is 23.3 Å². The number of rotatable bonds is 11. The molecule has 0 saturated carbocycles. The molecule has 12 heteroatoms. The number of benzene rings is 3. The quantitative estimate of drug-likeness (QED) is 0.235. The Balaban J connectivity index is 1.58. The Labute approximate surface area is 238 Å². The highest BCUT2D eigenvalue weighted by atomic mass is 19.3. The van der Waals surface area contributed by atoms with Crippen molar-refractivity contribution in [3.63, 3.8) is 0 Å². The van der Waals surface area contributed by atoms with Gasteiger partial charge in [-0.1, -0.05) is 72.8 Å². The van der Waals surface area contributed by atoms with E-state index in [0.717, 1.165) is 16.8 Å². The molecule has 0 bridgehead atoms. The van der Waals surface area contributed by atoms with E-state index in [1.807, 2.05) is 0 Å². The molecule has 1 atom stereocenters. The Kier molecular flexibility index (Phi) is 9.15. The number of Topliss-reactive ketones (excluding diaryl/α,β-unsaturated/α-hetero) is 1. The molecule has 0 saturated heterocycles. The fourth-order valence-electron chi connectivity index (χ4n) is 4.17. The molecule has 216 valence electrons. The van der Waals surface area contributed by atoms with E-state index in [1.54, 1.807) is 60.7 Å². The number of halogens is 3. The molecule has 0 fully saturated rings. The van der Waals surface area contributed by atoms with Crippen LogP contribution in [0.5, 0.6) is 0 Å². The molecule has 4 rings (SSSR count). The Morgan fingerprint density at radius 1 is 0.929 bits per heavy atom. The minimum Gasteiger partial charge on any atom is -0.393 e. The number of carbonyl (C=O) groups is 3. The first-order valence-electron chi connectivity index (χ1n) is 12.7. The summed E-state index contributed by atoms with van der Waals surface area (Å²) in [7, 11) is 0. The smallest absolute Gasteiger partial charge is 0.383 e. The number of nitrogens with one attached hydrogen (secondary N) is 2. The molecule has 1 unspecified atom stereocenters. The average Bonchev–Trinajstić information content (AvgIpc) is 2.98. The number of carbonyl (C=O) groups excluding carboxylic acids is 3. The SMILES string of the molecule is Nc1cnc(-c2cccc(F)c2)n(CC(=O)NC(Cc2ccccc2)C(=O)C(F)(F)C(=O)NCc2ccccc2)c1=O. The number of anilines is 1. The van der Waals surface area contributed by atoms with E-state index in [2.05, 4.69) is 15.6 Å². The van der Waals surface area contributed by atoms with E-state index in [9.17, 15) is 23.6 Å². The maximum absolute atomic E-state index is 15.2. The van der Waals surface area contributed by atoms with Crippen molar-refractivity contribution in [2.75, 3.05) is 5.73 Å². The van der Waals surface area contributed by atoms with Gasteiger partial charge in [0.25, 0.3) is 11.5 Å². The summed E-state index contributed by atoms with van der Waals surface area (Å²) in [5.74, 6) is -9.92. The van der Waals surface area contributed by atoms with Crippen LogP contribution in [0.2, 0.25) is 0 Å². The number of nitrogen functional groups attached to an aromatic ring is 1. The Morgan fingerprint density at radius 2 is 1.57 bits per heavy atom. The summed E-state index contributed by atoms with van der Waals surface area (Å²) in [6, 6.07) is 19.6. The highest BCUT2D eigenvalue weighted by molar-refractivity contribution is 6.10. The van der Waals surface area contributed by atoms with Gasteiger partial charge in [-0.25, -0.2) is 9.37 Å². The standard InChI is InChI=1S/C30H26F3N5O4/c31-22-13-7-12-21(15-22)27-35-17-23(34)28(41)38(27)18-25(39)37-24(14-19-8-3-1-4-9-19)26(40)30(32,33)29(42)36-16-20-10-5-2-6-11-20/h1-13,15,17,24H,14,16,18,34H2,(H,36,42)(H,37,39). The number of amides is 2. The van der Waals surface area contributed by atoms with Crippen LogP contribution in [0, 0.1) is 5.82 Å². The molecule has 0 aliphatic heterocycles. The number of hydrogen-bond acceptors (Lipinski definition) is 6. The fraction of sp³-hybridized carbons (Fsp3) is 0.167. The molecule has 0 aliphatic rings. The van der Waals surface area contributed by atoms with Gasteiger partial charge in [0.05, 0.1) is 12.2 Å². The lowest BCUT2D eigenvalue weighted by Crippen LogP contribution is -2.55.